The summed E-state index contributed by atoms with van der Waals surface area (Å²) in [5.74, 6) is -0.151. The fraction of sp³-hybridized carbons (Fsp3) is 0.278. The molecule has 0 bridgehead atoms. The van der Waals surface area contributed by atoms with Gasteiger partial charge < -0.3 is 9.64 Å². The molecule has 27 heavy (non-hydrogen) atoms. The molecule has 0 atom stereocenters. The van der Waals surface area contributed by atoms with Crippen molar-refractivity contribution in [2.24, 2.45) is 7.05 Å². The van der Waals surface area contributed by atoms with E-state index in [9.17, 15) is 13.6 Å². The van der Waals surface area contributed by atoms with Gasteiger partial charge in [-0.25, -0.2) is 0 Å². The van der Waals surface area contributed by atoms with Gasteiger partial charge in [0.25, 0.3) is 5.91 Å². The molecule has 3 rings (SSSR count). The molecule has 0 spiro atoms. The maximum absolute atomic E-state index is 12.6. The van der Waals surface area contributed by atoms with E-state index >= 15 is 0 Å². The molecule has 0 radical (unpaired) electrons. The van der Waals surface area contributed by atoms with Crippen molar-refractivity contribution in [2.45, 2.75) is 20.1 Å². The summed E-state index contributed by atoms with van der Waals surface area (Å²) in [5, 5.41) is 11.0. The molecular formula is C18H19F2N5O2. The lowest BCUT2D eigenvalue weighted by Gasteiger charge is -2.15. The first kappa shape index (κ1) is 18.6. The van der Waals surface area contributed by atoms with E-state index in [0.29, 0.717) is 23.5 Å². The standard InChI is InChI=1S/C18H19F2N5O2/c1-11-13(9-21-25(11)3)10-24(2)17(26)16-8-15(22-23-16)12-4-6-14(7-5-12)27-18(19)20/h4-9,18H,10H2,1-3H3,(H,22,23). The Kier molecular flexibility index (Phi) is 5.20. The van der Waals surface area contributed by atoms with E-state index in [2.05, 4.69) is 20.0 Å². The van der Waals surface area contributed by atoms with Crippen LogP contribution in [0.25, 0.3) is 11.3 Å². The molecule has 9 heteroatoms. The molecule has 2 aromatic heterocycles. The molecule has 2 heterocycles. The Labute approximate surface area is 154 Å². The lowest BCUT2D eigenvalue weighted by Crippen LogP contribution is -2.26. The number of alkyl halides is 2. The molecule has 1 amide bonds. The summed E-state index contributed by atoms with van der Waals surface area (Å²) in [6.45, 7) is -0.507. The van der Waals surface area contributed by atoms with Crippen molar-refractivity contribution >= 4 is 5.91 Å². The van der Waals surface area contributed by atoms with E-state index in [1.807, 2.05) is 14.0 Å². The van der Waals surface area contributed by atoms with Gasteiger partial charge in [0.2, 0.25) is 0 Å². The molecule has 7 nitrogen and oxygen atoms in total. The predicted molar refractivity (Wildman–Crippen MR) is 94.4 cm³/mol. The number of hydrogen-bond donors (Lipinski definition) is 1. The molecule has 0 fully saturated rings. The number of aromatic nitrogens is 4. The van der Waals surface area contributed by atoms with Crippen LogP contribution >= 0.6 is 0 Å². The van der Waals surface area contributed by atoms with E-state index in [0.717, 1.165) is 11.3 Å². The van der Waals surface area contributed by atoms with E-state index in [1.165, 1.54) is 12.1 Å². The zero-order valence-electron chi connectivity index (χ0n) is 15.1. The summed E-state index contributed by atoms with van der Waals surface area (Å²) in [7, 11) is 3.55. The number of ether oxygens (including phenoxy) is 1. The van der Waals surface area contributed by atoms with Crippen molar-refractivity contribution in [3.63, 3.8) is 0 Å². The third-order valence-electron chi connectivity index (χ3n) is 4.27. The zero-order chi connectivity index (χ0) is 19.6. The number of aryl methyl sites for hydroxylation is 1. The topological polar surface area (TPSA) is 76.0 Å². The highest BCUT2D eigenvalue weighted by Gasteiger charge is 2.17. The van der Waals surface area contributed by atoms with Gasteiger partial charge in [0.1, 0.15) is 11.4 Å². The lowest BCUT2D eigenvalue weighted by molar-refractivity contribution is -0.0498. The number of halogens is 2. The molecular weight excluding hydrogens is 356 g/mol. The fourth-order valence-corrected chi connectivity index (χ4v) is 2.62. The number of hydrogen-bond acceptors (Lipinski definition) is 4. The smallest absolute Gasteiger partial charge is 0.387 e. The summed E-state index contributed by atoms with van der Waals surface area (Å²) >= 11 is 0. The minimum absolute atomic E-state index is 0.0622. The minimum atomic E-state index is -2.87. The Hall–Kier alpha value is -3.23. The number of nitrogens with zero attached hydrogens (tertiary/aromatic N) is 4. The van der Waals surface area contributed by atoms with Crippen LogP contribution < -0.4 is 4.74 Å². The Bertz CT molecular complexity index is 934. The number of H-pyrrole nitrogens is 1. The zero-order valence-corrected chi connectivity index (χ0v) is 15.1. The molecule has 0 unspecified atom stereocenters. The van der Waals surface area contributed by atoms with Crippen molar-refractivity contribution in [3.05, 3.63) is 53.5 Å². The highest BCUT2D eigenvalue weighted by atomic mass is 19.3. The van der Waals surface area contributed by atoms with Gasteiger partial charge in [-0.1, -0.05) is 0 Å². The van der Waals surface area contributed by atoms with Gasteiger partial charge in [-0.3, -0.25) is 14.6 Å². The van der Waals surface area contributed by atoms with Crippen LogP contribution in [-0.4, -0.2) is 44.4 Å². The molecule has 0 aliphatic carbocycles. The minimum Gasteiger partial charge on any atom is -0.435 e. The quantitative estimate of drug-likeness (QED) is 0.719. The lowest BCUT2D eigenvalue weighted by atomic mass is 10.1. The van der Waals surface area contributed by atoms with Crippen LogP contribution in [0.15, 0.2) is 36.5 Å². The number of amides is 1. The molecule has 0 saturated carbocycles. The van der Waals surface area contributed by atoms with E-state index in [-0.39, 0.29) is 11.7 Å². The van der Waals surface area contributed by atoms with Crippen LogP contribution in [0.5, 0.6) is 5.75 Å². The first-order valence-electron chi connectivity index (χ1n) is 8.18. The van der Waals surface area contributed by atoms with Gasteiger partial charge in [0.05, 0.1) is 11.9 Å². The fourth-order valence-electron chi connectivity index (χ4n) is 2.62. The van der Waals surface area contributed by atoms with Crippen LogP contribution in [-0.2, 0) is 13.6 Å². The first-order valence-corrected chi connectivity index (χ1v) is 8.18. The van der Waals surface area contributed by atoms with Crippen molar-refractivity contribution in [2.75, 3.05) is 7.05 Å². The Balaban J connectivity index is 1.70. The number of carbonyl (C=O) groups excluding carboxylic acids is 1. The Morgan fingerprint density at radius 1 is 1.33 bits per heavy atom. The third kappa shape index (κ3) is 4.13. The summed E-state index contributed by atoms with van der Waals surface area (Å²) < 4.78 is 30.5. The molecule has 0 aliphatic rings. The number of carbonyl (C=O) groups is 1. The van der Waals surface area contributed by atoms with Crippen LogP contribution in [0, 0.1) is 6.92 Å². The van der Waals surface area contributed by atoms with Crippen LogP contribution in [0.3, 0.4) is 0 Å². The molecule has 0 aliphatic heterocycles. The van der Waals surface area contributed by atoms with Gasteiger partial charge >= 0.3 is 6.61 Å². The van der Waals surface area contributed by atoms with Crippen LogP contribution in [0.4, 0.5) is 8.78 Å². The normalized spacial score (nSPS) is 11.0. The molecule has 1 aromatic carbocycles. The molecule has 3 aromatic rings. The van der Waals surface area contributed by atoms with E-state index in [4.69, 9.17) is 0 Å². The number of rotatable bonds is 6. The van der Waals surface area contributed by atoms with Crippen LogP contribution in [0.2, 0.25) is 0 Å². The van der Waals surface area contributed by atoms with Gasteiger partial charge in [-0.05, 0) is 37.3 Å². The van der Waals surface area contributed by atoms with Crippen molar-refractivity contribution < 1.29 is 18.3 Å². The summed E-state index contributed by atoms with van der Waals surface area (Å²) in [6, 6.07) is 7.68. The number of nitrogens with one attached hydrogen (secondary N) is 1. The van der Waals surface area contributed by atoms with Gasteiger partial charge in [0.15, 0.2) is 0 Å². The second-order valence-corrected chi connectivity index (χ2v) is 6.11. The maximum atomic E-state index is 12.6. The molecule has 0 saturated heterocycles. The highest BCUT2D eigenvalue weighted by Crippen LogP contribution is 2.23. The second kappa shape index (κ2) is 7.56. The largest absolute Gasteiger partial charge is 0.435 e. The monoisotopic (exact) mass is 375 g/mol. The van der Waals surface area contributed by atoms with Gasteiger partial charge in [-0.15, -0.1) is 0 Å². The third-order valence-corrected chi connectivity index (χ3v) is 4.27. The first-order chi connectivity index (χ1) is 12.8. The SMILES string of the molecule is Cc1c(CN(C)C(=O)c2cc(-c3ccc(OC(F)F)cc3)n[nH]2)cnn1C. The van der Waals surface area contributed by atoms with Gasteiger partial charge in [-0.2, -0.15) is 19.0 Å². The Morgan fingerprint density at radius 2 is 2.04 bits per heavy atom. The summed E-state index contributed by atoms with van der Waals surface area (Å²) in [6.07, 6.45) is 1.74. The summed E-state index contributed by atoms with van der Waals surface area (Å²) in [4.78, 5) is 14.2. The molecule has 1 N–H and O–H groups in total. The van der Waals surface area contributed by atoms with Crippen LogP contribution in [0.1, 0.15) is 21.7 Å². The van der Waals surface area contributed by atoms with Crippen molar-refractivity contribution in [3.8, 4) is 17.0 Å². The van der Waals surface area contributed by atoms with E-state index < -0.39 is 6.61 Å². The van der Waals surface area contributed by atoms with Gasteiger partial charge in [0, 0.05) is 37.5 Å². The number of benzene rings is 1. The summed E-state index contributed by atoms with van der Waals surface area (Å²) in [5.41, 5.74) is 3.50. The van der Waals surface area contributed by atoms with Crippen molar-refractivity contribution in [1.29, 1.82) is 0 Å². The number of aromatic amines is 1. The average molecular weight is 375 g/mol. The van der Waals surface area contributed by atoms with Crippen molar-refractivity contribution in [1.82, 2.24) is 24.9 Å². The second-order valence-electron chi connectivity index (χ2n) is 6.11. The molecule has 142 valence electrons. The maximum Gasteiger partial charge on any atom is 0.387 e. The highest BCUT2D eigenvalue weighted by molar-refractivity contribution is 5.93. The predicted octanol–water partition coefficient (Wildman–Crippen LogP) is 2.99. The van der Waals surface area contributed by atoms with E-state index in [1.54, 1.807) is 41.0 Å². The Morgan fingerprint density at radius 3 is 2.63 bits per heavy atom. The average Bonchev–Trinajstić information content (AvgIpc) is 3.24.